The van der Waals surface area contributed by atoms with Gasteiger partial charge in [-0.25, -0.2) is 4.79 Å². The summed E-state index contributed by atoms with van der Waals surface area (Å²) in [5.41, 5.74) is 8.96. The Kier molecular flexibility index (Phi) is 4.53. The highest BCUT2D eigenvalue weighted by Crippen LogP contribution is 2.22. The molecule has 0 saturated carbocycles. The zero-order chi connectivity index (χ0) is 15.6. The Morgan fingerprint density at radius 1 is 1.43 bits per heavy atom. The number of carbonyl (C=O) groups excluding carboxylic acids is 1. The van der Waals surface area contributed by atoms with Crippen LogP contribution in [0.5, 0.6) is 0 Å². The number of anilines is 1. The molecule has 2 rings (SSSR count). The molecule has 0 unspecified atom stereocenters. The average Bonchev–Trinajstić information content (AvgIpc) is 2.74. The summed E-state index contributed by atoms with van der Waals surface area (Å²) < 4.78 is 7.05. The maximum absolute atomic E-state index is 12.1. The van der Waals surface area contributed by atoms with Gasteiger partial charge in [0.05, 0.1) is 22.0 Å². The third-order valence-electron chi connectivity index (χ3n) is 3.34. The third kappa shape index (κ3) is 3.03. The van der Waals surface area contributed by atoms with Crippen LogP contribution in [0.4, 0.5) is 5.69 Å². The highest BCUT2D eigenvalue weighted by Gasteiger charge is 2.17. The van der Waals surface area contributed by atoms with Crippen molar-refractivity contribution in [3.63, 3.8) is 0 Å². The Morgan fingerprint density at radius 3 is 2.81 bits per heavy atom. The highest BCUT2D eigenvalue weighted by molar-refractivity contribution is 6.31. The zero-order valence-electron chi connectivity index (χ0n) is 12.3. The predicted molar refractivity (Wildman–Crippen MR) is 82.4 cm³/mol. The number of aryl methyl sites for hydroxylation is 3. The van der Waals surface area contributed by atoms with Crippen molar-refractivity contribution in [3.8, 4) is 0 Å². The van der Waals surface area contributed by atoms with Crippen LogP contribution in [0.15, 0.2) is 18.2 Å². The minimum absolute atomic E-state index is 0.0692. The highest BCUT2D eigenvalue weighted by atomic mass is 35.5. The van der Waals surface area contributed by atoms with Gasteiger partial charge < -0.3 is 10.5 Å². The molecule has 2 N–H and O–H groups in total. The number of hydrogen-bond donors (Lipinski definition) is 1. The Bertz CT molecular complexity index is 680. The van der Waals surface area contributed by atoms with E-state index in [4.69, 9.17) is 22.1 Å². The third-order valence-corrected chi connectivity index (χ3v) is 3.83. The Hall–Kier alpha value is -2.01. The average molecular weight is 308 g/mol. The second kappa shape index (κ2) is 6.18. The first-order valence-corrected chi connectivity index (χ1v) is 7.07. The Morgan fingerprint density at radius 2 is 2.14 bits per heavy atom. The van der Waals surface area contributed by atoms with E-state index in [1.165, 1.54) is 0 Å². The van der Waals surface area contributed by atoms with Gasteiger partial charge in [0, 0.05) is 12.2 Å². The smallest absolute Gasteiger partial charge is 0.340 e. The van der Waals surface area contributed by atoms with Gasteiger partial charge in [-0.15, -0.1) is 0 Å². The molecular formula is C15H18ClN3O2. The van der Waals surface area contributed by atoms with Gasteiger partial charge in [0.2, 0.25) is 0 Å². The van der Waals surface area contributed by atoms with Gasteiger partial charge in [-0.3, -0.25) is 4.68 Å². The maximum atomic E-state index is 12.1. The van der Waals surface area contributed by atoms with Crippen LogP contribution in [0.25, 0.3) is 0 Å². The van der Waals surface area contributed by atoms with Gasteiger partial charge in [-0.05, 0) is 32.4 Å². The lowest BCUT2D eigenvalue weighted by Crippen LogP contribution is -2.11. The monoisotopic (exact) mass is 307 g/mol. The lowest BCUT2D eigenvalue weighted by molar-refractivity contribution is 0.0463. The predicted octanol–water partition coefficient (Wildman–Crippen LogP) is 3.11. The fraction of sp³-hybridized carbons (Fsp3) is 0.333. The van der Waals surface area contributed by atoms with Gasteiger partial charge in [-0.1, -0.05) is 23.7 Å². The van der Waals surface area contributed by atoms with E-state index in [0.717, 1.165) is 11.3 Å². The summed E-state index contributed by atoms with van der Waals surface area (Å²) >= 11 is 6.18. The minimum atomic E-state index is -0.464. The largest absolute Gasteiger partial charge is 0.455 e. The van der Waals surface area contributed by atoms with Crippen molar-refractivity contribution < 1.29 is 9.53 Å². The number of halogens is 1. The van der Waals surface area contributed by atoms with E-state index in [9.17, 15) is 4.79 Å². The van der Waals surface area contributed by atoms with E-state index < -0.39 is 5.97 Å². The molecule has 0 radical (unpaired) electrons. The van der Waals surface area contributed by atoms with Crippen LogP contribution in [0.1, 0.15) is 34.2 Å². The molecule has 1 aromatic carbocycles. The van der Waals surface area contributed by atoms with Gasteiger partial charge in [-0.2, -0.15) is 5.10 Å². The van der Waals surface area contributed by atoms with Crippen LogP contribution in [-0.2, 0) is 17.9 Å². The van der Waals surface area contributed by atoms with Crippen molar-refractivity contribution in [1.29, 1.82) is 0 Å². The number of esters is 1. The lowest BCUT2D eigenvalue weighted by Gasteiger charge is -2.10. The lowest BCUT2D eigenvalue weighted by atomic mass is 10.1. The zero-order valence-corrected chi connectivity index (χ0v) is 13.1. The molecule has 1 heterocycles. The summed E-state index contributed by atoms with van der Waals surface area (Å²) in [6, 6.07) is 5.27. The first kappa shape index (κ1) is 15.4. The van der Waals surface area contributed by atoms with Crippen molar-refractivity contribution in [2.24, 2.45) is 0 Å². The fourth-order valence-electron chi connectivity index (χ4n) is 2.08. The maximum Gasteiger partial charge on any atom is 0.340 e. The molecule has 6 heteroatoms. The normalized spacial score (nSPS) is 10.7. The van der Waals surface area contributed by atoms with Crippen LogP contribution in [0, 0.1) is 13.8 Å². The quantitative estimate of drug-likeness (QED) is 0.696. The van der Waals surface area contributed by atoms with Crippen molar-refractivity contribution in [2.75, 3.05) is 5.73 Å². The molecule has 0 amide bonds. The van der Waals surface area contributed by atoms with E-state index in [1.807, 2.05) is 26.8 Å². The molecule has 0 saturated heterocycles. The van der Waals surface area contributed by atoms with E-state index in [2.05, 4.69) is 5.10 Å². The summed E-state index contributed by atoms with van der Waals surface area (Å²) in [5.74, 6) is -0.464. The molecule has 0 bridgehead atoms. The van der Waals surface area contributed by atoms with Gasteiger partial charge >= 0.3 is 5.97 Å². The number of benzene rings is 1. The molecule has 1 aromatic heterocycles. The second-order valence-electron chi connectivity index (χ2n) is 4.77. The number of carbonyl (C=O) groups is 1. The molecule has 0 aliphatic heterocycles. The number of aromatic nitrogens is 2. The molecule has 5 nitrogen and oxygen atoms in total. The molecule has 2 aromatic rings. The van der Waals surface area contributed by atoms with Gasteiger partial charge in [0.1, 0.15) is 6.61 Å². The van der Waals surface area contributed by atoms with E-state index >= 15 is 0 Å². The minimum Gasteiger partial charge on any atom is -0.455 e. The van der Waals surface area contributed by atoms with Crippen LogP contribution in [-0.4, -0.2) is 15.7 Å². The van der Waals surface area contributed by atoms with Gasteiger partial charge in [0.25, 0.3) is 0 Å². The molecule has 21 heavy (non-hydrogen) atoms. The summed E-state index contributed by atoms with van der Waals surface area (Å²) in [5, 5.41) is 4.81. The van der Waals surface area contributed by atoms with Crippen molar-refractivity contribution in [1.82, 2.24) is 9.78 Å². The molecular weight excluding hydrogens is 290 g/mol. The number of nitrogen functional groups attached to an aromatic ring is 1. The van der Waals surface area contributed by atoms with Crippen LogP contribution >= 0.6 is 11.6 Å². The number of para-hydroxylation sites is 1. The van der Waals surface area contributed by atoms with E-state index in [-0.39, 0.29) is 6.61 Å². The Balaban J connectivity index is 2.17. The molecule has 0 atom stereocenters. The second-order valence-corrected chi connectivity index (χ2v) is 5.15. The standard InChI is InChI=1S/C15H18ClN3O2/c1-4-19-12(13(16)10(3)18-19)8-21-15(20)11-7-5-6-9(2)14(11)17/h5-7H,4,8,17H2,1-3H3. The first-order chi connectivity index (χ1) is 9.95. The number of hydrogen-bond acceptors (Lipinski definition) is 4. The summed E-state index contributed by atoms with van der Waals surface area (Å²) in [7, 11) is 0. The van der Waals surface area contributed by atoms with Crippen LogP contribution < -0.4 is 5.73 Å². The van der Waals surface area contributed by atoms with E-state index in [0.29, 0.717) is 28.5 Å². The van der Waals surface area contributed by atoms with E-state index in [1.54, 1.807) is 16.8 Å². The van der Waals surface area contributed by atoms with Gasteiger partial charge in [0.15, 0.2) is 0 Å². The summed E-state index contributed by atoms with van der Waals surface area (Å²) in [6.07, 6.45) is 0. The fourth-order valence-corrected chi connectivity index (χ4v) is 2.27. The molecule has 0 aliphatic rings. The number of nitrogens with zero attached hydrogens (tertiary/aromatic N) is 2. The van der Waals surface area contributed by atoms with Crippen LogP contribution in [0.2, 0.25) is 5.02 Å². The number of ether oxygens (including phenoxy) is 1. The van der Waals surface area contributed by atoms with Crippen molar-refractivity contribution in [2.45, 2.75) is 33.9 Å². The molecule has 0 spiro atoms. The summed E-state index contributed by atoms with van der Waals surface area (Å²) in [6.45, 7) is 6.34. The van der Waals surface area contributed by atoms with Crippen molar-refractivity contribution in [3.05, 3.63) is 45.7 Å². The van der Waals surface area contributed by atoms with Crippen molar-refractivity contribution >= 4 is 23.3 Å². The first-order valence-electron chi connectivity index (χ1n) is 6.69. The number of rotatable bonds is 4. The molecule has 0 aliphatic carbocycles. The van der Waals surface area contributed by atoms with Crippen LogP contribution in [0.3, 0.4) is 0 Å². The number of nitrogens with two attached hydrogens (primary N) is 1. The Labute approximate surface area is 128 Å². The summed E-state index contributed by atoms with van der Waals surface area (Å²) in [4.78, 5) is 12.1. The SMILES string of the molecule is CCn1nc(C)c(Cl)c1COC(=O)c1cccc(C)c1N. The molecule has 0 fully saturated rings. The topological polar surface area (TPSA) is 70.1 Å². The molecule has 112 valence electrons.